The van der Waals surface area contributed by atoms with E-state index in [0.717, 1.165) is 5.56 Å². The molecule has 2 aromatic carbocycles. The van der Waals surface area contributed by atoms with Gasteiger partial charge in [-0.3, -0.25) is 9.89 Å². The summed E-state index contributed by atoms with van der Waals surface area (Å²) in [6.07, 6.45) is 1.61. The third-order valence-electron chi connectivity index (χ3n) is 3.66. The highest BCUT2D eigenvalue weighted by Crippen LogP contribution is 2.18. The molecule has 3 aromatic rings. The summed E-state index contributed by atoms with van der Waals surface area (Å²) in [4.78, 5) is 12.6. The van der Waals surface area contributed by atoms with E-state index in [1.165, 1.54) is 4.68 Å². The first-order chi connectivity index (χ1) is 11.0. The molecule has 5 heteroatoms. The highest BCUT2D eigenvalue weighted by Gasteiger charge is 2.07. The second-order valence-corrected chi connectivity index (χ2v) is 5.69. The van der Waals surface area contributed by atoms with Gasteiger partial charge in [0.2, 0.25) is 0 Å². The maximum absolute atomic E-state index is 12.6. The Kier molecular flexibility index (Phi) is 3.84. The number of aromatic nitrogens is 2. The van der Waals surface area contributed by atoms with Crippen LogP contribution in [0, 0.1) is 6.92 Å². The van der Waals surface area contributed by atoms with Gasteiger partial charge in [-0.1, -0.05) is 42.4 Å². The number of hydrogen-bond donors (Lipinski definition) is 2. The molecule has 1 heterocycles. The normalized spacial score (nSPS) is 11.8. The van der Waals surface area contributed by atoms with Crippen LogP contribution >= 0.6 is 11.6 Å². The van der Waals surface area contributed by atoms with Gasteiger partial charge in [0, 0.05) is 10.6 Å². The SMILES string of the molecule is C=c1[nH]n(-c2ccc(C)c(Cl)c2)c(=O)c1=Cc1ccccc1O. The van der Waals surface area contributed by atoms with Crippen molar-refractivity contribution < 1.29 is 5.11 Å². The standard InChI is InChI=1S/C18H15ClN2O2/c1-11-7-8-14(10-16(11)19)21-18(23)15(12(2)20-21)9-13-5-3-4-6-17(13)22/h3-10,20,22H,2H2,1H3. The number of nitrogens with zero attached hydrogens (tertiary/aromatic N) is 1. The van der Waals surface area contributed by atoms with Gasteiger partial charge in [-0.25, -0.2) is 4.68 Å². The van der Waals surface area contributed by atoms with Crippen LogP contribution in [0.1, 0.15) is 11.1 Å². The summed E-state index contributed by atoms with van der Waals surface area (Å²) >= 11 is 6.13. The molecule has 3 rings (SSSR count). The average molecular weight is 327 g/mol. The molecule has 0 saturated heterocycles. The van der Waals surface area contributed by atoms with Crippen molar-refractivity contribution in [2.24, 2.45) is 0 Å². The van der Waals surface area contributed by atoms with E-state index in [-0.39, 0.29) is 11.3 Å². The van der Waals surface area contributed by atoms with E-state index in [4.69, 9.17) is 11.6 Å². The molecule has 0 aliphatic rings. The molecule has 0 fully saturated rings. The minimum Gasteiger partial charge on any atom is -0.507 e. The molecule has 2 N–H and O–H groups in total. The summed E-state index contributed by atoms with van der Waals surface area (Å²) in [5, 5.41) is 14.2. The largest absolute Gasteiger partial charge is 0.507 e. The Balaban J connectivity index is 2.21. The zero-order chi connectivity index (χ0) is 16.6. The van der Waals surface area contributed by atoms with Gasteiger partial charge in [-0.05, 0) is 36.8 Å². The van der Waals surface area contributed by atoms with E-state index in [2.05, 4.69) is 11.7 Å². The van der Waals surface area contributed by atoms with Gasteiger partial charge in [0.1, 0.15) is 5.75 Å². The van der Waals surface area contributed by atoms with E-state index in [1.54, 1.807) is 36.4 Å². The number of aryl methyl sites for hydroxylation is 1. The number of aromatic amines is 1. The number of para-hydroxylation sites is 1. The molecule has 0 amide bonds. The second-order valence-electron chi connectivity index (χ2n) is 5.28. The van der Waals surface area contributed by atoms with Crippen LogP contribution in [-0.2, 0) is 0 Å². The summed E-state index contributed by atoms with van der Waals surface area (Å²) in [5.41, 5.74) is 1.87. The van der Waals surface area contributed by atoms with Crippen LogP contribution in [0.2, 0.25) is 5.02 Å². The molecule has 0 atom stereocenters. The van der Waals surface area contributed by atoms with Gasteiger partial charge in [0.05, 0.1) is 16.3 Å². The van der Waals surface area contributed by atoms with Crippen molar-refractivity contribution in [3.63, 3.8) is 0 Å². The Morgan fingerprint density at radius 2 is 2.00 bits per heavy atom. The molecule has 1 aromatic heterocycles. The predicted molar refractivity (Wildman–Crippen MR) is 92.6 cm³/mol. The number of benzene rings is 2. The maximum atomic E-state index is 12.6. The zero-order valence-corrected chi connectivity index (χ0v) is 13.3. The Morgan fingerprint density at radius 3 is 2.70 bits per heavy atom. The van der Waals surface area contributed by atoms with E-state index in [1.807, 2.05) is 19.1 Å². The fourth-order valence-electron chi connectivity index (χ4n) is 2.31. The van der Waals surface area contributed by atoms with E-state index >= 15 is 0 Å². The van der Waals surface area contributed by atoms with Gasteiger partial charge >= 0.3 is 0 Å². The lowest BCUT2D eigenvalue weighted by Gasteiger charge is -2.03. The number of hydrogen-bond acceptors (Lipinski definition) is 2. The molecular weight excluding hydrogens is 312 g/mol. The summed E-state index contributed by atoms with van der Waals surface area (Å²) in [7, 11) is 0. The van der Waals surface area contributed by atoms with Gasteiger partial charge in [0.15, 0.2) is 0 Å². The molecule has 0 spiro atoms. The third-order valence-corrected chi connectivity index (χ3v) is 4.06. The van der Waals surface area contributed by atoms with Gasteiger partial charge in [-0.2, -0.15) is 0 Å². The van der Waals surface area contributed by atoms with Crippen molar-refractivity contribution in [1.82, 2.24) is 9.78 Å². The van der Waals surface area contributed by atoms with Crippen LogP contribution in [0.5, 0.6) is 5.75 Å². The topological polar surface area (TPSA) is 58.0 Å². The van der Waals surface area contributed by atoms with Crippen molar-refractivity contribution in [2.45, 2.75) is 6.92 Å². The molecule has 0 bridgehead atoms. The Labute approximate surface area is 137 Å². The first-order valence-corrected chi connectivity index (χ1v) is 7.41. The van der Waals surface area contributed by atoms with Crippen molar-refractivity contribution in [1.29, 1.82) is 0 Å². The number of aromatic hydroxyl groups is 1. The quantitative estimate of drug-likeness (QED) is 0.757. The minimum atomic E-state index is -0.252. The third kappa shape index (κ3) is 2.81. The van der Waals surface area contributed by atoms with E-state index in [0.29, 0.717) is 26.8 Å². The van der Waals surface area contributed by atoms with Crippen molar-refractivity contribution in [3.8, 4) is 11.4 Å². The summed E-state index contributed by atoms with van der Waals surface area (Å²) < 4.78 is 1.39. The minimum absolute atomic E-state index is 0.109. The molecule has 0 saturated carbocycles. The first kappa shape index (κ1) is 15.2. The molecule has 4 nitrogen and oxygen atoms in total. The van der Waals surface area contributed by atoms with Gasteiger partial charge < -0.3 is 5.11 Å². The molecule has 0 radical (unpaired) electrons. The summed E-state index contributed by atoms with van der Waals surface area (Å²) in [6, 6.07) is 12.2. The fraction of sp³-hybridized carbons (Fsp3) is 0.0556. The van der Waals surface area contributed by atoms with Crippen LogP contribution in [0.3, 0.4) is 0 Å². The number of phenolic OH excluding ortho intramolecular Hbond substituents is 1. The van der Waals surface area contributed by atoms with Crippen molar-refractivity contribution in [2.75, 3.05) is 0 Å². The van der Waals surface area contributed by atoms with Crippen LogP contribution in [0.25, 0.3) is 18.3 Å². The van der Waals surface area contributed by atoms with Crippen LogP contribution in [-0.4, -0.2) is 14.9 Å². The highest BCUT2D eigenvalue weighted by atomic mass is 35.5. The van der Waals surface area contributed by atoms with Crippen LogP contribution in [0.15, 0.2) is 47.3 Å². The maximum Gasteiger partial charge on any atom is 0.279 e. The van der Waals surface area contributed by atoms with Crippen molar-refractivity contribution in [3.05, 3.63) is 79.5 Å². The number of phenols is 1. The summed E-state index contributed by atoms with van der Waals surface area (Å²) in [6.45, 7) is 5.77. The first-order valence-electron chi connectivity index (χ1n) is 7.03. The lowest BCUT2D eigenvalue weighted by molar-refractivity contribution is 0.474. The van der Waals surface area contributed by atoms with Crippen LogP contribution < -0.4 is 16.1 Å². The zero-order valence-electron chi connectivity index (χ0n) is 12.5. The molecule has 23 heavy (non-hydrogen) atoms. The van der Waals surface area contributed by atoms with E-state index in [9.17, 15) is 9.90 Å². The number of nitrogens with one attached hydrogen (secondary N) is 1. The number of halogens is 1. The predicted octanol–water partition coefficient (Wildman–Crippen LogP) is 2.07. The summed E-state index contributed by atoms with van der Waals surface area (Å²) in [5.74, 6) is 0.109. The monoisotopic (exact) mass is 326 g/mol. The molecule has 0 unspecified atom stereocenters. The lowest BCUT2D eigenvalue weighted by atomic mass is 10.1. The van der Waals surface area contributed by atoms with Crippen LogP contribution in [0.4, 0.5) is 0 Å². The van der Waals surface area contributed by atoms with E-state index < -0.39 is 0 Å². The number of rotatable bonds is 2. The lowest BCUT2D eigenvalue weighted by Crippen LogP contribution is -2.33. The van der Waals surface area contributed by atoms with Gasteiger partial charge in [-0.15, -0.1) is 0 Å². The molecule has 0 aliphatic heterocycles. The fourth-order valence-corrected chi connectivity index (χ4v) is 2.49. The van der Waals surface area contributed by atoms with Crippen molar-refractivity contribution >= 4 is 24.3 Å². The highest BCUT2D eigenvalue weighted by molar-refractivity contribution is 6.31. The number of H-pyrrole nitrogens is 1. The Morgan fingerprint density at radius 1 is 1.26 bits per heavy atom. The Bertz CT molecular complexity index is 1050. The molecular formula is C18H15ClN2O2. The average Bonchev–Trinajstić information content (AvgIpc) is 2.80. The smallest absolute Gasteiger partial charge is 0.279 e. The molecule has 116 valence electrons. The molecule has 0 aliphatic carbocycles. The second kappa shape index (κ2) is 5.82. The van der Waals surface area contributed by atoms with Gasteiger partial charge in [0.25, 0.3) is 5.56 Å². The Hall–Kier alpha value is -2.72.